The summed E-state index contributed by atoms with van der Waals surface area (Å²) in [5.74, 6) is -1.51. The summed E-state index contributed by atoms with van der Waals surface area (Å²) in [5, 5.41) is 14.5. The third kappa shape index (κ3) is 6.92. The van der Waals surface area contributed by atoms with Gasteiger partial charge in [0.15, 0.2) is 0 Å². The van der Waals surface area contributed by atoms with Crippen LogP contribution < -0.4 is 10.6 Å². The quantitative estimate of drug-likeness (QED) is 0.659. The first-order valence-corrected chi connectivity index (χ1v) is 7.37. The van der Waals surface area contributed by atoms with Crippen molar-refractivity contribution in [2.24, 2.45) is 0 Å². The van der Waals surface area contributed by atoms with Gasteiger partial charge in [0.2, 0.25) is 11.8 Å². The molecule has 0 aliphatic carbocycles. The molecule has 2 amide bonds. The minimum Gasteiger partial charge on any atom is -0.480 e. The molecule has 0 radical (unpaired) electrons. The number of carbonyl (C=O) groups excluding carboxylic acids is 2. The van der Waals surface area contributed by atoms with Crippen LogP contribution in [0, 0.1) is 6.92 Å². The fourth-order valence-electron chi connectivity index (χ4n) is 2.05. The number of hydrogen-bond donors (Lipinski definition) is 3. The van der Waals surface area contributed by atoms with E-state index >= 15 is 0 Å². The molecule has 3 N–H and O–H groups in total. The van der Waals surface area contributed by atoms with Crippen molar-refractivity contribution < 1.29 is 19.5 Å². The van der Waals surface area contributed by atoms with Gasteiger partial charge in [-0.15, -0.1) is 0 Å². The molecule has 0 spiro atoms. The van der Waals surface area contributed by atoms with E-state index in [2.05, 4.69) is 10.6 Å². The Morgan fingerprint density at radius 3 is 2.57 bits per heavy atom. The Morgan fingerprint density at radius 2 is 2.00 bits per heavy atom. The van der Waals surface area contributed by atoms with Gasteiger partial charge in [0, 0.05) is 25.7 Å². The number of aliphatic carboxylic acids is 1. The number of aryl methyl sites for hydroxylation is 1. The van der Waals surface area contributed by atoms with Crippen LogP contribution >= 0.6 is 0 Å². The number of rotatable bonds is 8. The normalized spacial score (nSPS) is 11.8. The van der Waals surface area contributed by atoms with Crippen molar-refractivity contribution in [3.05, 3.63) is 29.8 Å². The molecule has 0 aliphatic rings. The third-order valence-electron chi connectivity index (χ3n) is 3.33. The maximum atomic E-state index is 12.1. The van der Waals surface area contributed by atoms with E-state index in [1.54, 1.807) is 6.07 Å². The zero-order chi connectivity index (χ0) is 17.4. The van der Waals surface area contributed by atoms with E-state index in [-0.39, 0.29) is 31.4 Å². The van der Waals surface area contributed by atoms with Gasteiger partial charge in [-0.1, -0.05) is 12.1 Å². The van der Waals surface area contributed by atoms with Gasteiger partial charge < -0.3 is 15.7 Å². The molecule has 7 nitrogen and oxygen atoms in total. The van der Waals surface area contributed by atoms with Crippen molar-refractivity contribution in [2.45, 2.75) is 26.8 Å². The summed E-state index contributed by atoms with van der Waals surface area (Å²) in [6.45, 7) is 5.30. The average Bonchev–Trinajstić information content (AvgIpc) is 2.44. The first kappa shape index (κ1) is 18.6. The molecule has 0 bridgehead atoms. The number of carboxylic acids is 1. The second-order valence-electron chi connectivity index (χ2n) is 5.39. The predicted molar refractivity (Wildman–Crippen MR) is 87.2 cm³/mol. The Morgan fingerprint density at radius 1 is 1.30 bits per heavy atom. The number of benzene rings is 1. The van der Waals surface area contributed by atoms with E-state index < -0.39 is 12.0 Å². The van der Waals surface area contributed by atoms with Crippen molar-refractivity contribution in [1.82, 2.24) is 10.2 Å². The van der Waals surface area contributed by atoms with Crippen molar-refractivity contribution in [3.63, 3.8) is 0 Å². The van der Waals surface area contributed by atoms with Gasteiger partial charge in [0.05, 0.1) is 6.54 Å². The summed E-state index contributed by atoms with van der Waals surface area (Å²) in [5.41, 5.74) is 1.68. The Labute approximate surface area is 135 Å². The zero-order valence-electron chi connectivity index (χ0n) is 13.6. The molecule has 1 aromatic carbocycles. The first-order valence-electron chi connectivity index (χ1n) is 7.37. The van der Waals surface area contributed by atoms with E-state index in [0.717, 1.165) is 5.56 Å². The highest BCUT2D eigenvalue weighted by atomic mass is 16.4. The lowest BCUT2D eigenvalue weighted by atomic mass is 10.2. The fraction of sp³-hybridized carbons (Fsp3) is 0.438. The van der Waals surface area contributed by atoms with Crippen LogP contribution in [-0.4, -0.2) is 53.5 Å². The molecule has 1 rings (SSSR count). The summed E-state index contributed by atoms with van der Waals surface area (Å²) in [6.07, 6.45) is 0. The number of anilines is 1. The van der Waals surface area contributed by atoms with E-state index in [1.165, 1.54) is 18.7 Å². The summed E-state index contributed by atoms with van der Waals surface area (Å²) < 4.78 is 0. The monoisotopic (exact) mass is 321 g/mol. The highest BCUT2D eigenvalue weighted by Crippen LogP contribution is 2.09. The van der Waals surface area contributed by atoms with Gasteiger partial charge in [-0.25, -0.2) is 0 Å². The lowest BCUT2D eigenvalue weighted by Crippen LogP contribution is -2.46. The lowest BCUT2D eigenvalue weighted by Gasteiger charge is -2.25. The van der Waals surface area contributed by atoms with Crippen LogP contribution in [0.2, 0.25) is 0 Å². The lowest BCUT2D eigenvalue weighted by molar-refractivity contribution is -0.142. The van der Waals surface area contributed by atoms with E-state index in [9.17, 15) is 14.4 Å². The SMILES string of the molecule is CC(=O)NCCN(CC(=O)Nc1cccc(C)c1)C(C)C(=O)O. The van der Waals surface area contributed by atoms with Gasteiger partial charge in [-0.3, -0.25) is 19.3 Å². The maximum absolute atomic E-state index is 12.1. The van der Waals surface area contributed by atoms with E-state index in [1.807, 2.05) is 25.1 Å². The minimum atomic E-state index is -1.02. The summed E-state index contributed by atoms with van der Waals surface area (Å²) in [6, 6.07) is 6.53. The second kappa shape index (κ2) is 8.89. The summed E-state index contributed by atoms with van der Waals surface area (Å²) in [4.78, 5) is 35.7. The van der Waals surface area contributed by atoms with Crippen LogP contribution in [0.4, 0.5) is 5.69 Å². The second-order valence-corrected chi connectivity index (χ2v) is 5.39. The van der Waals surface area contributed by atoms with Gasteiger partial charge in [-0.05, 0) is 31.5 Å². The standard InChI is InChI=1S/C16H23N3O4/c1-11-5-4-6-14(9-11)18-15(21)10-19(12(2)16(22)23)8-7-17-13(3)20/h4-6,9,12H,7-8,10H2,1-3H3,(H,17,20)(H,18,21)(H,22,23). The van der Waals surface area contributed by atoms with E-state index in [0.29, 0.717) is 5.69 Å². The molecule has 1 atom stereocenters. The van der Waals surface area contributed by atoms with Gasteiger partial charge in [0.1, 0.15) is 6.04 Å². The number of nitrogens with zero attached hydrogens (tertiary/aromatic N) is 1. The first-order chi connectivity index (χ1) is 10.8. The van der Waals surface area contributed by atoms with Crippen molar-refractivity contribution in [2.75, 3.05) is 25.0 Å². The molecule has 0 aliphatic heterocycles. The van der Waals surface area contributed by atoms with Crippen LogP contribution in [0.15, 0.2) is 24.3 Å². The Balaban J connectivity index is 2.65. The van der Waals surface area contributed by atoms with Gasteiger partial charge in [-0.2, -0.15) is 0 Å². The topological polar surface area (TPSA) is 98.7 Å². The van der Waals surface area contributed by atoms with Crippen LogP contribution in [0.5, 0.6) is 0 Å². The minimum absolute atomic E-state index is 0.0685. The van der Waals surface area contributed by atoms with Gasteiger partial charge in [0.25, 0.3) is 0 Å². The van der Waals surface area contributed by atoms with Crippen LogP contribution in [0.1, 0.15) is 19.4 Å². The number of carbonyl (C=O) groups is 3. The Hall–Kier alpha value is -2.41. The maximum Gasteiger partial charge on any atom is 0.320 e. The molecule has 1 aromatic rings. The molecule has 0 aromatic heterocycles. The number of carboxylic acid groups (broad SMARTS) is 1. The molecular formula is C16H23N3O4. The molecule has 126 valence electrons. The number of nitrogens with one attached hydrogen (secondary N) is 2. The van der Waals surface area contributed by atoms with Crippen LogP contribution in [0.3, 0.4) is 0 Å². The molecule has 1 unspecified atom stereocenters. The molecule has 7 heteroatoms. The average molecular weight is 321 g/mol. The Kier molecular flexibility index (Phi) is 7.21. The molecule has 0 heterocycles. The van der Waals surface area contributed by atoms with E-state index in [4.69, 9.17) is 5.11 Å². The third-order valence-corrected chi connectivity index (χ3v) is 3.33. The number of hydrogen-bond acceptors (Lipinski definition) is 4. The van der Waals surface area contributed by atoms with Crippen LogP contribution in [-0.2, 0) is 14.4 Å². The van der Waals surface area contributed by atoms with Gasteiger partial charge >= 0.3 is 5.97 Å². The summed E-state index contributed by atoms with van der Waals surface area (Å²) >= 11 is 0. The Bertz CT molecular complexity index is 574. The fourth-order valence-corrected chi connectivity index (χ4v) is 2.05. The number of amides is 2. The smallest absolute Gasteiger partial charge is 0.320 e. The highest BCUT2D eigenvalue weighted by molar-refractivity contribution is 5.92. The molecule has 0 saturated heterocycles. The zero-order valence-corrected chi connectivity index (χ0v) is 13.6. The predicted octanol–water partition coefficient (Wildman–Crippen LogP) is 0.845. The molecule has 0 saturated carbocycles. The molecular weight excluding hydrogens is 298 g/mol. The molecule has 0 fully saturated rings. The van der Waals surface area contributed by atoms with Crippen molar-refractivity contribution in [1.29, 1.82) is 0 Å². The highest BCUT2D eigenvalue weighted by Gasteiger charge is 2.22. The summed E-state index contributed by atoms with van der Waals surface area (Å²) in [7, 11) is 0. The molecule has 23 heavy (non-hydrogen) atoms. The van der Waals surface area contributed by atoms with Crippen molar-refractivity contribution >= 4 is 23.5 Å². The van der Waals surface area contributed by atoms with Crippen molar-refractivity contribution in [3.8, 4) is 0 Å². The van der Waals surface area contributed by atoms with Crippen LogP contribution in [0.25, 0.3) is 0 Å². The largest absolute Gasteiger partial charge is 0.480 e.